The fourth-order valence-corrected chi connectivity index (χ4v) is 1.52. The largest absolute Gasteiger partial charge is 0.478 e. The number of carbonyl (C=O) groups excluding carboxylic acids is 1. The highest BCUT2D eigenvalue weighted by Gasteiger charge is 2.26. The van der Waals surface area contributed by atoms with E-state index in [4.69, 9.17) is 10.8 Å². The zero-order chi connectivity index (χ0) is 14.6. The molecule has 1 amide bonds. The monoisotopic (exact) mass is 266 g/mol. The molecule has 104 valence electrons. The lowest BCUT2D eigenvalue weighted by molar-refractivity contribution is -0.128. The first-order valence-corrected chi connectivity index (χ1v) is 5.73. The second-order valence-electron chi connectivity index (χ2n) is 4.74. The molecule has 5 N–H and O–H groups in total. The molecule has 19 heavy (non-hydrogen) atoms. The second kappa shape index (κ2) is 5.55. The number of nitrogen functional groups attached to an aromatic ring is 1. The van der Waals surface area contributed by atoms with Gasteiger partial charge in [-0.05, 0) is 19.9 Å². The molecule has 0 radical (unpaired) electrons. The number of amides is 1. The summed E-state index contributed by atoms with van der Waals surface area (Å²) in [4.78, 5) is 26.5. The van der Waals surface area contributed by atoms with Gasteiger partial charge in [0.1, 0.15) is 5.82 Å². The quantitative estimate of drug-likeness (QED) is 0.618. The van der Waals surface area contributed by atoms with E-state index in [9.17, 15) is 9.59 Å². The van der Waals surface area contributed by atoms with Gasteiger partial charge in [0.25, 0.3) is 0 Å². The number of carbonyl (C=O) groups is 2. The minimum Gasteiger partial charge on any atom is -0.478 e. The average molecular weight is 266 g/mol. The van der Waals surface area contributed by atoms with Crippen molar-refractivity contribution in [1.29, 1.82) is 0 Å². The summed E-state index contributed by atoms with van der Waals surface area (Å²) in [6.45, 7) is 3.80. The number of pyridine rings is 1. The van der Waals surface area contributed by atoms with Gasteiger partial charge < -0.3 is 21.5 Å². The molecule has 0 aliphatic heterocycles. The van der Waals surface area contributed by atoms with Crippen LogP contribution in [0.15, 0.2) is 12.3 Å². The Labute approximate surface area is 111 Å². The first-order valence-electron chi connectivity index (χ1n) is 5.73. The van der Waals surface area contributed by atoms with E-state index in [1.165, 1.54) is 12.3 Å². The fraction of sp³-hybridized carbons (Fsp3) is 0.417. The van der Waals surface area contributed by atoms with Crippen LogP contribution in [0.1, 0.15) is 24.2 Å². The standard InChI is InChI=1S/C12H18N4O3/c1-12(2,11(19)14-3)6-16-9-8(13)7(10(17)18)4-5-15-9/h4-5H,6,13H2,1-3H3,(H,14,19)(H,15,16)(H,17,18). The summed E-state index contributed by atoms with van der Waals surface area (Å²) >= 11 is 0. The van der Waals surface area contributed by atoms with Gasteiger partial charge in [-0.15, -0.1) is 0 Å². The van der Waals surface area contributed by atoms with Crippen LogP contribution >= 0.6 is 0 Å². The van der Waals surface area contributed by atoms with Crippen molar-refractivity contribution in [3.8, 4) is 0 Å². The number of aromatic carboxylic acids is 1. The van der Waals surface area contributed by atoms with Crippen molar-refractivity contribution < 1.29 is 14.7 Å². The second-order valence-corrected chi connectivity index (χ2v) is 4.74. The van der Waals surface area contributed by atoms with Crippen LogP contribution in [0, 0.1) is 5.41 Å². The number of hydrogen-bond acceptors (Lipinski definition) is 5. The molecule has 7 heteroatoms. The Hall–Kier alpha value is -2.31. The number of nitrogens with two attached hydrogens (primary N) is 1. The molecule has 1 aromatic heterocycles. The van der Waals surface area contributed by atoms with E-state index < -0.39 is 11.4 Å². The Morgan fingerprint density at radius 2 is 2.11 bits per heavy atom. The Balaban J connectivity index is 2.87. The minimum absolute atomic E-state index is 0.0183. The van der Waals surface area contributed by atoms with Gasteiger partial charge >= 0.3 is 5.97 Å². The molecule has 7 nitrogen and oxygen atoms in total. The van der Waals surface area contributed by atoms with Crippen molar-refractivity contribution in [3.63, 3.8) is 0 Å². The molecule has 0 unspecified atom stereocenters. The average Bonchev–Trinajstić information content (AvgIpc) is 2.36. The van der Waals surface area contributed by atoms with Crippen molar-refractivity contribution in [2.75, 3.05) is 24.6 Å². The third-order valence-electron chi connectivity index (χ3n) is 2.76. The number of nitrogens with one attached hydrogen (secondary N) is 2. The van der Waals surface area contributed by atoms with Crippen molar-refractivity contribution >= 4 is 23.4 Å². The number of anilines is 2. The molecule has 1 heterocycles. The molecular weight excluding hydrogens is 248 g/mol. The first kappa shape index (κ1) is 14.7. The van der Waals surface area contributed by atoms with E-state index in [2.05, 4.69) is 15.6 Å². The van der Waals surface area contributed by atoms with Crippen LogP contribution in [0.25, 0.3) is 0 Å². The van der Waals surface area contributed by atoms with Gasteiger partial charge in [-0.25, -0.2) is 9.78 Å². The Kier molecular flexibility index (Phi) is 4.31. The molecule has 1 rings (SSSR count). The van der Waals surface area contributed by atoms with Crippen molar-refractivity contribution in [3.05, 3.63) is 17.8 Å². The lowest BCUT2D eigenvalue weighted by atomic mass is 9.92. The van der Waals surface area contributed by atoms with Crippen LogP contribution < -0.4 is 16.4 Å². The molecule has 0 aliphatic rings. The van der Waals surface area contributed by atoms with Gasteiger partial charge in [0.2, 0.25) is 5.91 Å². The van der Waals surface area contributed by atoms with E-state index in [0.29, 0.717) is 0 Å². The minimum atomic E-state index is -1.12. The summed E-state index contributed by atoms with van der Waals surface area (Å²) in [6.07, 6.45) is 1.36. The van der Waals surface area contributed by atoms with E-state index >= 15 is 0 Å². The van der Waals surface area contributed by atoms with Crippen LogP contribution in [0.5, 0.6) is 0 Å². The van der Waals surface area contributed by atoms with Crippen LogP contribution in [0.2, 0.25) is 0 Å². The van der Waals surface area contributed by atoms with Crippen molar-refractivity contribution in [1.82, 2.24) is 10.3 Å². The van der Waals surface area contributed by atoms with E-state index in [1.807, 2.05) is 0 Å². The third-order valence-corrected chi connectivity index (χ3v) is 2.76. The summed E-state index contributed by atoms with van der Waals surface area (Å²) in [5.41, 5.74) is 5.09. The molecule has 0 atom stereocenters. The number of hydrogen-bond donors (Lipinski definition) is 4. The normalized spacial score (nSPS) is 10.9. The number of carboxylic acid groups (broad SMARTS) is 1. The zero-order valence-corrected chi connectivity index (χ0v) is 11.2. The van der Waals surface area contributed by atoms with Gasteiger partial charge in [-0.3, -0.25) is 4.79 Å². The Morgan fingerprint density at radius 1 is 1.47 bits per heavy atom. The topological polar surface area (TPSA) is 117 Å². The van der Waals surface area contributed by atoms with Gasteiger partial charge in [0.15, 0.2) is 0 Å². The Morgan fingerprint density at radius 3 is 2.63 bits per heavy atom. The van der Waals surface area contributed by atoms with Crippen molar-refractivity contribution in [2.45, 2.75) is 13.8 Å². The first-order chi connectivity index (χ1) is 8.79. The summed E-state index contributed by atoms with van der Waals surface area (Å²) in [6, 6.07) is 1.33. The van der Waals surface area contributed by atoms with Crippen LogP contribution in [-0.2, 0) is 4.79 Å². The van der Waals surface area contributed by atoms with E-state index in [-0.39, 0.29) is 29.5 Å². The highest BCUT2D eigenvalue weighted by molar-refractivity contribution is 5.96. The maximum atomic E-state index is 11.6. The smallest absolute Gasteiger partial charge is 0.337 e. The van der Waals surface area contributed by atoms with Crippen LogP contribution in [0.4, 0.5) is 11.5 Å². The molecule has 0 saturated carbocycles. The predicted molar refractivity (Wildman–Crippen MR) is 71.9 cm³/mol. The maximum absolute atomic E-state index is 11.6. The lowest BCUT2D eigenvalue weighted by Gasteiger charge is -2.23. The molecular formula is C12H18N4O3. The summed E-state index contributed by atoms with van der Waals surface area (Å²) in [7, 11) is 1.56. The SMILES string of the molecule is CNC(=O)C(C)(C)CNc1nccc(C(=O)O)c1N. The van der Waals surface area contributed by atoms with Gasteiger partial charge in [0, 0.05) is 19.8 Å². The molecule has 0 aromatic carbocycles. The molecule has 0 fully saturated rings. The number of nitrogens with zero attached hydrogens (tertiary/aromatic N) is 1. The number of aromatic nitrogens is 1. The lowest BCUT2D eigenvalue weighted by Crippen LogP contribution is -2.39. The highest BCUT2D eigenvalue weighted by atomic mass is 16.4. The molecule has 0 aliphatic carbocycles. The predicted octanol–water partition coefficient (Wildman–Crippen LogP) is 0.546. The molecule has 0 saturated heterocycles. The third kappa shape index (κ3) is 3.34. The number of carboxylic acids is 1. The molecule has 1 aromatic rings. The van der Waals surface area contributed by atoms with Crippen LogP contribution in [-0.4, -0.2) is 35.6 Å². The van der Waals surface area contributed by atoms with Gasteiger partial charge in [-0.1, -0.05) is 0 Å². The van der Waals surface area contributed by atoms with Crippen molar-refractivity contribution in [2.24, 2.45) is 5.41 Å². The van der Waals surface area contributed by atoms with E-state index in [0.717, 1.165) is 0 Å². The summed E-state index contributed by atoms with van der Waals surface area (Å²) < 4.78 is 0. The Bertz CT molecular complexity index is 500. The van der Waals surface area contributed by atoms with Gasteiger partial charge in [-0.2, -0.15) is 0 Å². The number of rotatable bonds is 5. The highest BCUT2D eigenvalue weighted by Crippen LogP contribution is 2.22. The fourth-order valence-electron chi connectivity index (χ4n) is 1.52. The maximum Gasteiger partial charge on any atom is 0.337 e. The molecule has 0 bridgehead atoms. The zero-order valence-electron chi connectivity index (χ0n) is 11.2. The van der Waals surface area contributed by atoms with Gasteiger partial charge in [0.05, 0.1) is 16.7 Å². The summed E-state index contributed by atoms with van der Waals surface area (Å²) in [5.74, 6) is -0.988. The summed E-state index contributed by atoms with van der Waals surface area (Å²) in [5, 5.41) is 14.4. The van der Waals surface area contributed by atoms with E-state index in [1.54, 1.807) is 20.9 Å². The van der Waals surface area contributed by atoms with Crippen LogP contribution in [0.3, 0.4) is 0 Å². The molecule has 0 spiro atoms.